The molecule has 11 heteroatoms. The average Bonchev–Trinajstić information content (AvgIpc) is 3.21. The Bertz CT molecular complexity index is 1260. The molecule has 0 aliphatic rings. The number of fused-ring (bicyclic) bond motifs is 1. The molecule has 0 saturated carbocycles. The van der Waals surface area contributed by atoms with E-state index in [4.69, 9.17) is 14.6 Å². The van der Waals surface area contributed by atoms with Crippen molar-refractivity contribution in [3.05, 3.63) is 48.8 Å². The molecular weight excluding hydrogens is 450 g/mol. The molecule has 1 heterocycles. The Morgan fingerprint density at radius 2 is 1.97 bits per heavy atom. The number of aldehydes is 1. The minimum atomic E-state index is -4.28. The van der Waals surface area contributed by atoms with E-state index < -0.39 is 34.6 Å². The SMILES string of the molecule is COc1ccc(S(=O)(=O)N[C@H](C=O)CC(=O)O)c(O[C@H](C)[C@H](C)n2cnc3ccccc32)c1. The summed E-state index contributed by atoms with van der Waals surface area (Å²) in [5, 5.41) is 8.91. The van der Waals surface area contributed by atoms with E-state index in [9.17, 15) is 18.0 Å². The minimum absolute atomic E-state index is 0.00518. The smallest absolute Gasteiger partial charge is 0.305 e. The lowest BCUT2D eigenvalue weighted by Gasteiger charge is -2.25. The quantitative estimate of drug-likeness (QED) is 0.403. The standard InChI is InChI=1S/C22H25N3O7S/c1-14(25-13-23-18-6-4-5-7-19(18)25)15(2)32-20-11-17(31-3)8-9-21(20)33(29,30)24-16(12-26)10-22(27)28/h4-9,11-16,24H,10H2,1-3H3,(H,27,28)/t14-,15+,16-/m0/s1. The van der Waals surface area contributed by atoms with E-state index in [0.29, 0.717) is 5.75 Å². The molecule has 10 nitrogen and oxygen atoms in total. The highest BCUT2D eigenvalue weighted by Crippen LogP contribution is 2.32. The van der Waals surface area contributed by atoms with Crippen molar-refractivity contribution < 1.29 is 32.6 Å². The summed E-state index contributed by atoms with van der Waals surface area (Å²) in [5.74, 6) is -0.934. The summed E-state index contributed by atoms with van der Waals surface area (Å²) in [4.78, 5) is 26.3. The molecule has 176 valence electrons. The summed E-state index contributed by atoms with van der Waals surface area (Å²) in [6.45, 7) is 3.71. The number of hydrogen-bond acceptors (Lipinski definition) is 7. The van der Waals surface area contributed by atoms with Gasteiger partial charge in [0.25, 0.3) is 0 Å². The molecule has 0 fully saturated rings. The third kappa shape index (κ3) is 5.49. The Balaban J connectivity index is 1.91. The molecule has 3 atom stereocenters. The van der Waals surface area contributed by atoms with Crippen LogP contribution in [0.15, 0.2) is 53.7 Å². The number of carbonyl (C=O) groups is 2. The first-order valence-electron chi connectivity index (χ1n) is 10.1. The van der Waals surface area contributed by atoms with Crippen LogP contribution in [0, 0.1) is 0 Å². The number of carboxylic acids is 1. The number of carbonyl (C=O) groups excluding carboxylic acids is 1. The van der Waals surface area contributed by atoms with Gasteiger partial charge in [-0.3, -0.25) is 4.79 Å². The number of aliphatic carboxylic acids is 1. The number of sulfonamides is 1. The molecule has 2 N–H and O–H groups in total. The molecule has 0 amide bonds. The Kier molecular flexibility index (Phi) is 7.34. The van der Waals surface area contributed by atoms with Gasteiger partial charge in [-0.1, -0.05) is 12.1 Å². The molecule has 1 aromatic heterocycles. The Labute approximate surface area is 191 Å². The van der Waals surface area contributed by atoms with Crippen LogP contribution in [0.3, 0.4) is 0 Å². The third-order valence-corrected chi connectivity index (χ3v) is 6.75. The summed E-state index contributed by atoms with van der Waals surface area (Å²) in [7, 11) is -2.84. The minimum Gasteiger partial charge on any atom is -0.497 e. The maximum Gasteiger partial charge on any atom is 0.305 e. The summed E-state index contributed by atoms with van der Waals surface area (Å²) in [6.07, 6.45) is 0.756. The van der Waals surface area contributed by atoms with Crippen LogP contribution in [0.5, 0.6) is 11.5 Å². The van der Waals surface area contributed by atoms with E-state index in [1.807, 2.05) is 35.8 Å². The second-order valence-electron chi connectivity index (χ2n) is 7.48. The Morgan fingerprint density at radius 1 is 1.24 bits per heavy atom. The maximum atomic E-state index is 13.0. The van der Waals surface area contributed by atoms with Crippen LogP contribution in [0.4, 0.5) is 0 Å². The number of imidazole rings is 1. The van der Waals surface area contributed by atoms with Crippen molar-refractivity contribution >= 4 is 33.3 Å². The zero-order valence-corrected chi connectivity index (χ0v) is 19.2. The number of para-hydroxylation sites is 2. The molecule has 0 radical (unpaired) electrons. The largest absolute Gasteiger partial charge is 0.497 e. The first kappa shape index (κ1) is 24.2. The zero-order valence-electron chi connectivity index (χ0n) is 18.3. The van der Waals surface area contributed by atoms with Crippen molar-refractivity contribution in [3.8, 4) is 11.5 Å². The van der Waals surface area contributed by atoms with Gasteiger partial charge in [0.2, 0.25) is 10.0 Å². The van der Waals surface area contributed by atoms with Gasteiger partial charge in [0.1, 0.15) is 28.8 Å². The van der Waals surface area contributed by atoms with Gasteiger partial charge in [-0.25, -0.2) is 18.1 Å². The maximum absolute atomic E-state index is 13.0. The van der Waals surface area contributed by atoms with E-state index in [1.165, 1.54) is 25.3 Å². The highest BCUT2D eigenvalue weighted by atomic mass is 32.2. The number of nitrogens with one attached hydrogen (secondary N) is 1. The first-order valence-corrected chi connectivity index (χ1v) is 11.6. The fraction of sp³-hybridized carbons (Fsp3) is 0.318. The van der Waals surface area contributed by atoms with Crippen LogP contribution >= 0.6 is 0 Å². The van der Waals surface area contributed by atoms with Crippen LogP contribution < -0.4 is 14.2 Å². The van der Waals surface area contributed by atoms with Crippen LogP contribution in [0.2, 0.25) is 0 Å². The molecule has 2 aromatic carbocycles. The number of ether oxygens (including phenoxy) is 2. The van der Waals surface area contributed by atoms with Gasteiger partial charge in [-0.05, 0) is 38.1 Å². The van der Waals surface area contributed by atoms with E-state index in [-0.39, 0.29) is 23.0 Å². The van der Waals surface area contributed by atoms with Crippen LogP contribution in [-0.2, 0) is 19.6 Å². The van der Waals surface area contributed by atoms with E-state index >= 15 is 0 Å². The molecule has 0 saturated heterocycles. The van der Waals surface area contributed by atoms with Gasteiger partial charge >= 0.3 is 5.97 Å². The molecule has 3 rings (SSSR count). The summed E-state index contributed by atoms with van der Waals surface area (Å²) < 4.78 is 41.2. The fourth-order valence-electron chi connectivity index (χ4n) is 3.33. The first-order chi connectivity index (χ1) is 15.7. The van der Waals surface area contributed by atoms with Gasteiger partial charge in [0.05, 0.1) is 43.0 Å². The average molecular weight is 476 g/mol. The highest BCUT2D eigenvalue weighted by molar-refractivity contribution is 7.89. The lowest BCUT2D eigenvalue weighted by atomic mass is 10.2. The van der Waals surface area contributed by atoms with Crippen molar-refractivity contribution in [2.24, 2.45) is 0 Å². The molecule has 0 bridgehead atoms. The van der Waals surface area contributed by atoms with Gasteiger partial charge in [-0.2, -0.15) is 0 Å². The van der Waals surface area contributed by atoms with E-state index in [0.717, 1.165) is 11.0 Å². The number of methoxy groups -OCH3 is 1. The van der Waals surface area contributed by atoms with Crippen molar-refractivity contribution in [2.45, 2.75) is 43.4 Å². The van der Waals surface area contributed by atoms with Gasteiger partial charge in [-0.15, -0.1) is 0 Å². The normalized spacial score (nSPS) is 14.4. The number of rotatable bonds is 11. The van der Waals surface area contributed by atoms with Gasteiger partial charge in [0, 0.05) is 6.07 Å². The molecule has 3 aromatic rings. The molecular formula is C22H25N3O7S. The molecule has 0 spiro atoms. The number of hydrogen-bond donors (Lipinski definition) is 2. The van der Waals surface area contributed by atoms with Crippen molar-refractivity contribution in [1.82, 2.24) is 14.3 Å². The van der Waals surface area contributed by atoms with Crippen LogP contribution in [-0.4, -0.2) is 54.6 Å². The predicted octanol–water partition coefficient (Wildman–Crippen LogP) is 2.39. The topological polar surface area (TPSA) is 137 Å². The highest BCUT2D eigenvalue weighted by Gasteiger charge is 2.27. The second kappa shape index (κ2) is 10.0. The molecule has 0 unspecified atom stereocenters. The van der Waals surface area contributed by atoms with Gasteiger partial charge < -0.3 is 23.9 Å². The van der Waals surface area contributed by atoms with E-state index in [2.05, 4.69) is 9.71 Å². The van der Waals surface area contributed by atoms with Gasteiger partial charge in [0.15, 0.2) is 0 Å². The van der Waals surface area contributed by atoms with E-state index in [1.54, 1.807) is 13.3 Å². The van der Waals surface area contributed by atoms with Crippen LogP contribution in [0.25, 0.3) is 11.0 Å². The van der Waals surface area contributed by atoms with Crippen molar-refractivity contribution in [2.75, 3.05) is 7.11 Å². The Morgan fingerprint density at radius 3 is 2.64 bits per heavy atom. The zero-order chi connectivity index (χ0) is 24.2. The number of carboxylic acid groups (broad SMARTS) is 1. The number of aromatic nitrogens is 2. The molecule has 0 aliphatic heterocycles. The summed E-state index contributed by atoms with van der Waals surface area (Å²) >= 11 is 0. The second-order valence-corrected chi connectivity index (χ2v) is 9.16. The Hall–Kier alpha value is -3.44. The third-order valence-electron chi connectivity index (χ3n) is 5.22. The molecule has 0 aliphatic carbocycles. The predicted molar refractivity (Wildman–Crippen MR) is 120 cm³/mol. The lowest BCUT2D eigenvalue weighted by molar-refractivity contribution is -0.138. The summed E-state index contributed by atoms with van der Waals surface area (Å²) in [6, 6.07) is 10.1. The summed E-state index contributed by atoms with van der Waals surface area (Å²) in [5.41, 5.74) is 1.73. The van der Waals surface area contributed by atoms with Crippen LogP contribution in [0.1, 0.15) is 26.3 Å². The fourth-order valence-corrected chi connectivity index (χ4v) is 4.61. The van der Waals surface area contributed by atoms with Crippen molar-refractivity contribution in [1.29, 1.82) is 0 Å². The molecule has 33 heavy (non-hydrogen) atoms. The number of nitrogens with zero attached hydrogens (tertiary/aromatic N) is 2. The number of benzene rings is 2. The lowest BCUT2D eigenvalue weighted by Crippen LogP contribution is -2.38. The van der Waals surface area contributed by atoms with Crippen molar-refractivity contribution in [3.63, 3.8) is 0 Å². The monoisotopic (exact) mass is 475 g/mol.